The fourth-order valence-corrected chi connectivity index (χ4v) is 3.79. The second-order valence-corrected chi connectivity index (χ2v) is 6.25. The molecule has 3 N–H and O–H groups in total. The van der Waals surface area contributed by atoms with E-state index in [4.69, 9.17) is 10.5 Å². The predicted molar refractivity (Wildman–Crippen MR) is 83.9 cm³/mol. The lowest BCUT2D eigenvalue weighted by molar-refractivity contribution is 0.0551. The van der Waals surface area contributed by atoms with Crippen LogP contribution in [0.5, 0.6) is 5.75 Å². The van der Waals surface area contributed by atoms with Crippen LogP contribution in [0.1, 0.15) is 22.5 Å². The highest BCUT2D eigenvalue weighted by atomic mass is 32.1. The van der Waals surface area contributed by atoms with Gasteiger partial charge >= 0.3 is 0 Å². The van der Waals surface area contributed by atoms with Crippen molar-refractivity contribution in [1.82, 2.24) is 4.90 Å². The Kier molecular flexibility index (Phi) is 3.73. The molecular weight excluding hydrogens is 288 g/mol. The molecule has 0 aliphatic carbocycles. The van der Waals surface area contributed by atoms with E-state index in [0.29, 0.717) is 42.2 Å². The summed E-state index contributed by atoms with van der Waals surface area (Å²) in [6.07, 6.45) is 0.952. The number of carbonyl (C=O) groups is 1. The zero-order valence-corrected chi connectivity index (χ0v) is 12.7. The molecule has 0 unspecified atom stereocenters. The van der Waals surface area contributed by atoms with Crippen molar-refractivity contribution in [3.63, 3.8) is 0 Å². The molecule has 1 fully saturated rings. The first kappa shape index (κ1) is 14.2. The van der Waals surface area contributed by atoms with Crippen LogP contribution in [0.15, 0.2) is 18.2 Å². The van der Waals surface area contributed by atoms with Crippen LogP contribution in [0, 0.1) is 0 Å². The molecule has 112 valence electrons. The van der Waals surface area contributed by atoms with Gasteiger partial charge in [-0.05, 0) is 25.0 Å². The van der Waals surface area contributed by atoms with Crippen molar-refractivity contribution in [2.24, 2.45) is 0 Å². The molecule has 21 heavy (non-hydrogen) atoms. The van der Waals surface area contributed by atoms with Crippen LogP contribution >= 0.6 is 11.3 Å². The number of carbonyl (C=O) groups excluding carboxylic acids is 1. The Morgan fingerprint density at radius 1 is 1.43 bits per heavy atom. The first-order valence-corrected chi connectivity index (χ1v) is 7.75. The minimum absolute atomic E-state index is 0.0531. The highest BCUT2D eigenvalue weighted by molar-refractivity contribution is 7.21. The zero-order chi connectivity index (χ0) is 15.0. The van der Waals surface area contributed by atoms with E-state index < -0.39 is 0 Å². The van der Waals surface area contributed by atoms with Gasteiger partial charge in [-0.15, -0.1) is 11.3 Å². The number of nitrogens with two attached hydrogens (primary N) is 1. The molecule has 1 aromatic heterocycles. The van der Waals surface area contributed by atoms with E-state index in [2.05, 4.69) is 0 Å². The number of piperidine rings is 1. The summed E-state index contributed by atoms with van der Waals surface area (Å²) in [5, 5.41) is 10.4. The maximum atomic E-state index is 12.6. The van der Waals surface area contributed by atoms with Crippen LogP contribution in [0.4, 0.5) is 5.69 Å². The summed E-state index contributed by atoms with van der Waals surface area (Å²) < 4.78 is 6.28. The van der Waals surface area contributed by atoms with Crippen LogP contribution < -0.4 is 10.5 Å². The largest absolute Gasteiger partial charge is 0.496 e. The number of nitrogens with zero attached hydrogens (tertiary/aromatic N) is 1. The molecule has 1 aromatic carbocycles. The number of hydrogen-bond donors (Lipinski definition) is 2. The van der Waals surface area contributed by atoms with Gasteiger partial charge in [0.15, 0.2) is 0 Å². The van der Waals surface area contributed by atoms with E-state index in [-0.39, 0.29) is 12.0 Å². The Hall–Kier alpha value is -1.79. The highest BCUT2D eigenvalue weighted by Gasteiger charge is 2.26. The van der Waals surface area contributed by atoms with Gasteiger partial charge in [-0.1, -0.05) is 6.07 Å². The van der Waals surface area contributed by atoms with Crippen molar-refractivity contribution in [3.8, 4) is 5.75 Å². The van der Waals surface area contributed by atoms with Crippen molar-refractivity contribution in [2.75, 3.05) is 25.9 Å². The SMILES string of the molecule is COc1cccc2sc(C(=O)N3CCC(O)CC3)c(N)c12. The van der Waals surface area contributed by atoms with Crippen LogP contribution in [0.25, 0.3) is 10.1 Å². The Morgan fingerprint density at radius 2 is 2.14 bits per heavy atom. The predicted octanol–water partition coefficient (Wildman–Crippen LogP) is 2.09. The van der Waals surface area contributed by atoms with E-state index in [1.165, 1.54) is 11.3 Å². The van der Waals surface area contributed by atoms with E-state index >= 15 is 0 Å². The van der Waals surface area contributed by atoms with Crippen LogP contribution in [-0.4, -0.2) is 42.2 Å². The molecule has 3 rings (SSSR count). The molecule has 1 saturated heterocycles. The molecule has 6 heteroatoms. The minimum Gasteiger partial charge on any atom is -0.496 e. The molecule has 5 nitrogen and oxygen atoms in total. The fraction of sp³-hybridized carbons (Fsp3) is 0.400. The molecule has 0 radical (unpaired) electrons. The molecule has 0 saturated carbocycles. The quantitative estimate of drug-likeness (QED) is 0.891. The number of hydrogen-bond acceptors (Lipinski definition) is 5. The number of thiophene rings is 1. The maximum absolute atomic E-state index is 12.6. The van der Waals surface area contributed by atoms with Crippen LogP contribution in [0.2, 0.25) is 0 Å². The van der Waals surface area contributed by atoms with Gasteiger partial charge in [0.2, 0.25) is 0 Å². The molecular formula is C15H18N2O3S. The molecule has 2 heterocycles. The number of benzene rings is 1. The zero-order valence-electron chi connectivity index (χ0n) is 11.8. The summed E-state index contributed by atoms with van der Waals surface area (Å²) in [5.74, 6) is 0.636. The number of methoxy groups -OCH3 is 1. The summed E-state index contributed by atoms with van der Waals surface area (Å²) >= 11 is 1.40. The molecule has 1 aliphatic heterocycles. The van der Waals surface area contributed by atoms with E-state index in [1.807, 2.05) is 18.2 Å². The number of likely N-dealkylation sites (tertiary alicyclic amines) is 1. The maximum Gasteiger partial charge on any atom is 0.266 e. The average Bonchev–Trinajstić information content (AvgIpc) is 2.84. The fourth-order valence-electron chi connectivity index (χ4n) is 2.68. The topological polar surface area (TPSA) is 75.8 Å². The van der Waals surface area contributed by atoms with Gasteiger partial charge in [0.25, 0.3) is 5.91 Å². The second-order valence-electron chi connectivity index (χ2n) is 5.20. The Morgan fingerprint density at radius 3 is 2.81 bits per heavy atom. The number of amides is 1. The van der Waals surface area contributed by atoms with Gasteiger partial charge in [0.05, 0.1) is 24.3 Å². The lowest BCUT2D eigenvalue weighted by Gasteiger charge is -2.29. The molecule has 2 aromatic rings. The van der Waals surface area contributed by atoms with Crippen LogP contribution in [0.3, 0.4) is 0 Å². The lowest BCUT2D eigenvalue weighted by atomic mass is 10.1. The third kappa shape index (κ3) is 2.45. The monoisotopic (exact) mass is 306 g/mol. The van der Waals surface area contributed by atoms with Gasteiger partial charge in [-0.25, -0.2) is 0 Å². The standard InChI is InChI=1S/C15H18N2O3S/c1-20-10-3-2-4-11-12(10)13(16)14(21-11)15(19)17-7-5-9(18)6-8-17/h2-4,9,18H,5-8,16H2,1H3. The number of nitrogen functional groups attached to an aromatic ring is 1. The van der Waals surface area contributed by atoms with Crippen molar-refractivity contribution in [1.29, 1.82) is 0 Å². The lowest BCUT2D eigenvalue weighted by Crippen LogP contribution is -2.39. The van der Waals surface area contributed by atoms with Crippen molar-refractivity contribution < 1.29 is 14.6 Å². The second kappa shape index (κ2) is 5.54. The number of aliphatic hydroxyl groups excluding tert-OH is 1. The van der Waals surface area contributed by atoms with Gasteiger partial charge < -0.3 is 20.5 Å². The smallest absolute Gasteiger partial charge is 0.266 e. The molecule has 0 atom stereocenters. The normalized spacial score (nSPS) is 16.4. The third-order valence-corrected chi connectivity index (χ3v) is 5.04. The Bertz CT molecular complexity index is 675. The van der Waals surface area contributed by atoms with Crippen molar-refractivity contribution >= 4 is 33.0 Å². The van der Waals surface area contributed by atoms with Gasteiger partial charge in [0, 0.05) is 17.8 Å². The first-order chi connectivity index (χ1) is 10.1. The number of aliphatic hydroxyl groups is 1. The first-order valence-electron chi connectivity index (χ1n) is 6.94. The molecule has 0 spiro atoms. The Balaban J connectivity index is 1.97. The van der Waals surface area contributed by atoms with Gasteiger partial charge in [-0.2, -0.15) is 0 Å². The van der Waals surface area contributed by atoms with E-state index in [9.17, 15) is 9.90 Å². The number of rotatable bonds is 2. The highest BCUT2D eigenvalue weighted by Crippen LogP contribution is 2.40. The van der Waals surface area contributed by atoms with Crippen molar-refractivity contribution in [3.05, 3.63) is 23.1 Å². The average molecular weight is 306 g/mol. The van der Waals surface area contributed by atoms with Gasteiger partial charge in [0.1, 0.15) is 10.6 Å². The van der Waals surface area contributed by atoms with Crippen molar-refractivity contribution in [2.45, 2.75) is 18.9 Å². The molecule has 0 bridgehead atoms. The Labute approximate surface area is 126 Å². The van der Waals surface area contributed by atoms with Gasteiger partial charge in [-0.3, -0.25) is 4.79 Å². The van der Waals surface area contributed by atoms with Crippen LogP contribution in [-0.2, 0) is 0 Å². The minimum atomic E-state index is -0.297. The molecule has 1 amide bonds. The number of anilines is 1. The summed E-state index contributed by atoms with van der Waals surface area (Å²) in [6.45, 7) is 1.15. The summed E-state index contributed by atoms with van der Waals surface area (Å²) in [7, 11) is 1.60. The summed E-state index contributed by atoms with van der Waals surface area (Å²) in [5.41, 5.74) is 6.67. The molecule has 1 aliphatic rings. The number of ether oxygens (including phenoxy) is 1. The van der Waals surface area contributed by atoms with E-state index in [0.717, 1.165) is 10.1 Å². The number of fused-ring (bicyclic) bond motifs is 1. The van der Waals surface area contributed by atoms with E-state index in [1.54, 1.807) is 12.0 Å². The summed E-state index contributed by atoms with van der Waals surface area (Å²) in [6, 6.07) is 5.68. The summed E-state index contributed by atoms with van der Waals surface area (Å²) in [4.78, 5) is 15.0. The third-order valence-electron chi connectivity index (χ3n) is 3.88.